The van der Waals surface area contributed by atoms with E-state index in [1.165, 1.54) is 0 Å². The molecular weight excluding hydrogens is 294 g/mol. The number of hydrogen-bond donors (Lipinski definition) is 0. The van der Waals surface area contributed by atoms with Gasteiger partial charge in [0.05, 0.1) is 25.8 Å². The Kier molecular flexibility index (Phi) is 4.02. The summed E-state index contributed by atoms with van der Waals surface area (Å²) in [7, 11) is 1.58. The van der Waals surface area contributed by atoms with Crippen molar-refractivity contribution >= 4 is 17.6 Å². The van der Waals surface area contributed by atoms with Crippen LogP contribution in [0.5, 0.6) is 5.75 Å². The molecule has 5 heteroatoms. The van der Waals surface area contributed by atoms with Gasteiger partial charge in [0.1, 0.15) is 5.75 Å². The van der Waals surface area contributed by atoms with Crippen LogP contribution in [0.2, 0.25) is 0 Å². The van der Waals surface area contributed by atoms with Gasteiger partial charge in [-0.2, -0.15) is 0 Å². The second-order valence-corrected chi connectivity index (χ2v) is 5.18. The average Bonchev–Trinajstić information content (AvgIpc) is 2.91. The molecule has 0 bridgehead atoms. The van der Waals surface area contributed by atoms with Crippen LogP contribution in [0.15, 0.2) is 42.5 Å². The molecule has 0 saturated carbocycles. The number of hydrogen-bond acceptors (Lipinski definition) is 4. The Morgan fingerprint density at radius 2 is 1.91 bits per heavy atom. The molecule has 1 aliphatic rings. The van der Waals surface area contributed by atoms with Crippen molar-refractivity contribution in [1.82, 2.24) is 0 Å². The van der Waals surface area contributed by atoms with Crippen molar-refractivity contribution in [3.63, 3.8) is 0 Å². The van der Waals surface area contributed by atoms with Crippen molar-refractivity contribution in [2.75, 3.05) is 18.6 Å². The zero-order valence-corrected chi connectivity index (χ0v) is 13.0. The van der Waals surface area contributed by atoms with Gasteiger partial charge < -0.3 is 14.4 Å². The van der Waals surface area contributed by atoms with Crippen LogP contribution >= 0.6 is 0 Å². The second kappa shape index (κ2) is 6.12. The largest absolute Gasteiger partial charge is 0.497 e. The van der Waals surface area contributed by atoms with Gasteiger partial charge in [-0.15, -0.1) is 0 Å². The highest BCUT2D eigenvalue weighted by molar-refractivity contribution is 6.10. The number of fused-ring (bicyclic) bond motifs is 1. The van der Waals surface area contributed by atoms with E-state index in [9.17, 15) is 9.59 Å². The van der Waals surface area contributed by atoms with Crippen molar-refractivity contribution < 1.29 is 19.1 Å². The first-order valence-corrected chi connectivity index (χ1v) is 7.40. The Bertz CT molecular complexity index is 752. The van der Waals surface area contributed by atoms with Crippen LogP contribution in [-0.4, -0.2) is 25.6 Å². The summed E-state index contributed by atoms with van der Waals surface area (Å²) < 4.78 is 10.1. The SMILES string of the molecule is CCOC(=O)c1ccc(N2Cc3ccc(OC)cc3C2=O)cc1. The summed E-state index contributed by atoms with van der Waals surface area (Å²) in [6, 6.07) is 12.4. The molecule has 2 aromatic rings. The number of nitrogens with zero attached hydrogens (tertiary/aromatic N) is 1. The minimum Gasteiger partial charge on any atom is -0.497 e. The van der Waals surface area contributed by atoms with Gasteiger partial charge in [-0.1, -0.05) is 6.07 Å². The van der Waals surface area contributed by atoms with Gasteiger partial charge >= 0.3 is 5.97 Å². The number of methoxy groups -OCH3 is 1. The van der Waals surface area contributed by atoms with E-state index < -0.39 is 0 Å². The van der Waals surface area contributed by atoms with E-state index in [2.05, 4.69) is 0 Å². The first kappa shape index (κ1) is 15.1. The molecule has 0 atom stereocenters. The van der Waals surface area contributed by atoms with Gasteiger partial charge in [-0.05, 0) is 48.9 Å². The molecule has 0 radical (unpaired) electrons. The quantitative estimate of drug-likeness (QED) is 0.814. The maximum absolute atomic E-state index is 12.6. The van der Waals surface area contributed by atoms with E-state index in [4.69, 9.17) is 9.47 Å². The minimum absolute atomic E-state index is 0.0669. The van der Waals surface area contributed by atoms with Crippen molar-refractivity contribution in [2.45, 2.75) is 13.5 Å². The van der Waals surface area contributed by atoms with E-state index in [0.717, 1.165) is 11.3 Å². The van der Waals surface area contributed by atoms with E-state index in [1.54, 1.807) is 49.3 Å². The fourth-order valence-corrected chi connectivity index (χ4v) is 2.61. The topological polar surface area (TPSA) is 55.8 Å². The number of amides is 1. The molecule has 1 heterocycles. The number of carbonyl (C=O) groups is 2. The molecule has 0 unspecified atom stereocenters. The van der Waals surface area contributed by atoms with Gasteiger partial charge in [-0.3, -0.25) is 4.79 Å². The van der Waals surface area contributed by atoms with E-state index in [-0.39, 0.29) is 11.9 Å². The summed E-state index contributed by atoms with van der Waals surface area (Å²) in [5.74, 6) is 0.235. The zero-order chi connectivity index (χ0) is 16.4. The van der Waals surface area contributed by atoms with Gasteiger partial charge in [0.2, 0.25) is 0 Å². The Morgan fingerprint density at radius 1 is 1.17 bits per heavy atom. The second-order valence-electron chi connectivity index (χ2n) is 5.18. The predicted octanol–water partition coefficient (Wildman–Crippen LogP) is 3.03. The molecular formula is C18H17NO4. The van der Waals surface area contributed by atoms with Gasteiger partial charge in [-0.25, -0.2) is 4.79 Å². The van der Waals surface area contributed by atoms with Crippen LogP contribution < -0.4 is 9.64 Å². The van der Waals surface area contributed by atoms with Crippen molar-refractivity contribution in [2.24, 2.45) is 0 Å². The van der Waals surface area contributed by atoms with Crippen molar-refractivity contribution in [3.05, 3.63) is 59.2 Å². The summed E-state index contributed by atoms with van der Waals surface area (Å²) in [5.41, 5.74) is 2.84. The highest BCUT2D eigenvalue weighted by atomic mass is 16.5. The van der Waals surface area contributed by atoms with E-state index in [0.29, 0.717) is 30.0 Å². The number of ether oxygens (including phenoxy) is 2. The molecule has 3 rings (SSSR count). The number of esters is 1. The lowest BCUT2D eigenvalue weighted by molar-refractivity contribution is 0.0526. The predicted molar refractivity (Wildman–Crippen MR) is 85.9 cm³/mol. The third-order valence-electron chi connectivity index (χ3n) is 3.81. The smallest absolute Gasteiger partial charge is 0.338 e. The van der Waals surface area contributed by atoms with Gasteiger partial charge in [0, 0.05) is 11.3 Å². The van der Waals surface area contributed by atoms with Crippen LogP contribution in [0.3, 0.4) is 0 Å². The fraction of sp³-hybridized carbons (Fsp3) is 0.222. The molecule has 23 heavy (non-hydrogen) atoms. The summed E-state index contributed by atoms with van der Waals surface area (Å²) in [4.78, 5) is 25.9. The molecule has 2 aromatic carbocycles. The van der Waals surface area contributed by atoms with Gasteiger partial charge in [0.25, 0.3) is 5.91 Å². The van der Waals surface area contributed by atoms with Crippen LogP contribution in [-0.2, 0) is 11.3 Å². The van der Waals surface area contributed by atoms with Crippen LogP contribution in [0.25, 0.3) is 0 Å². The summed E-state index contributed by atoms with van der Waals surface area (Å²) in [6.07, 6.45) is 0. The third kappa shape index (κ3) is 2.77. The van der Waals surface area contributed by atoms with Crippen molar-refractivity contribution in [1.29, 1.82) is 0 Å². The maximum atomic E-state index is 12.6. The normalized spacial score (nSPS) is 13.0. The minimum atomic E-state index is -0.361. The molecule has 1 aliphatic heterocycles. The zero-order valence-electron chi connectivity index (χ0n) is 13.0. The summed E-state index contributed by atoms with van der Waals surface area (Å²) in [5, 5.41) is 0. The highest BCUT2D eigenvalue weighted by Gasteiger charge is 2.28. The van der Waals surface area contributed by atoms with E-state index in [1.807, 2.05) is 12.1 Å². The number of benzene rings is 2. The molecule has 0 spiro atoms. The summed E-state index contributed by atoms with van der Waals surface area (Å²) >= 11 is 0. The fourth-order valence-electron chi connectivity index (χ4n) is 2.61. The molecule has 0 aromatic heterocycles. The van der Waals surface area contributed by atoms with Crippen LogP contribution in [0.1, 0.15) is 33.2 Å². The highest BCUT2D eigenvalue weighted by Crippen LogP contribution is 2.30. The Labute approximate surface area is 134 Å². The standard InChI is InChI=1S/C18H17NO4/c1-3-23-18(21)12-4-7-14(8-5-12)19-11-13-6-9-15(22-2)10-16(13)17(19)20/h4-10H,3,11H2,1-2H3. The molecule has 118 valence electrons. The molecule has 0 saturated heterocycles. The molecule has 0 aliphatic carbocycles. The number of carbonyl (C=O) groups excluding carboxylic acids is 2. The maximum Gasteiger partial charge on any atom is 0.338 e. The molecule has 1 amide bonds. The number of rotatable bonds is 4. The van der Waals surface area contributed by atoms with Crippen LogP contribution in [0, 0.1) is 0 Å². The monoisotopic (exact) mass is 311 g/mol. The molecule has 0 fully saturated rings. The van der Waals surface area contributed by atoms with Gasteiger partial charge in [0.15, 0.2) is 0 Å². The van der Waals surface area contributed by atoms with Crippen LogP contribution in [0.4, 0.5) is 5.69 Å². The summed E-state index contributed by atoms with van der Waals surface area (Å²) in [6.45, 7) is 2.61. The Morgan fingerprint density at radius 3 is 2.57 bits per heavy atom. The molecule has 0 N–H and O–H groups in total. The first-order chi connectivity index (χ1) is 11.1. The Balaban J connectivity index is 1.83. The lowest BCUT2D eigenvalue weighted by atomic mass is 10.1. The average molecular weight is 311 g/mol. The lowest BCUT2D eigenvalue weighted by Crippen LogP contribution is -2.23. The molecule has 5 nitrogen and oxygen atoms in total. The lowest BCUT2D eigenvalue weighted by Gasteiger charge is -2.16. The first-order valence-electron chi connectivity index (χ1n) is 7.40. The number of anilines is 1. The third-order valence-corrected chi connectivity index (χ3v) is 3.81. The van der Waals surface area contributed by atoms with Crippen molar-refractivity contribution in [3.8, 4) is 5.75 Å². The van der Waals surface area contributed by atoms with E-state index >= 15 is 0 Å². The Hall–Kier alpha value is -2.82.